The predicted octanol–water partition coefficient (Wildman–Crippen LogP) is 0.0362. The third-order valence-electron chi connectivity index (χ3n) is 1.28. The molecule has 0 spiro atoms. The van der Waals surface area contributed by atoms with Crippen LogP contribution in [0, 0.1) is 0 Å². The highest BCUT2D eigenvalue weighted by atomic mass is 31.2. The highest BCUT2D eigenvalue weighted by Gasteiger charge is 2.23. The maximum absolute atomic E-state index is 11.0. The summed E-state index contributed by atoms with van der Waals surface area (Å²) in [5.41, 5.74) is 5.15. The number of hydrogen-bond acceptors (Lipinski definition) is 3. The van der Waals surface area contributed by atoms with Gasteiger partial charge in [-0.3, -0.25) is 9.36 Å². The van der Waals surface area contributed by atoms with Gasteiger partial charge in [-0.1, -0.05) is 0 Å². The number of hydrogen-bond donors (Lipinski definition) is 3. The Hall–Kier alpha value is -0.380. The van der Waals surface area contributed by atoms with Gasteiger partial charge in [0.2, 0.25) is 7.37 Å². The van der Waals surface area contributed by atoms with E-state index in [0.29, 0.717) is 0 Å². The fraction of sp³-hybridized carbons (Fsp3) is 0.800. The van der Waals surface area contributed by atoms with Crippen molar-refractivity contribution in [3.05, 3.63) is 0 Å². The van der Waals surface area contributed by atoms with Gasteiger partial charge < -0.3 is 15.7 Å². The lowest BCUT2D eigenvalue weighted by Gasteiger charge is -2.13. The number of carbonyl (C=O) groups is 1. The molecule has 0 saturated carbocycles. The van der Waals surface area contributed by atoms with Gasteiger partial charge in [0.25, 0.3) is 0 Å². The SMILES string of the molecule is CC(N)P(=O)(O)CCC(=O)O. The summed E-state index contributed by atoms with van der Waals surface area (Å²) in [6.07, 6.45) is -0.560. The lowest BCUT2D eigenvalue weighted by Crippen LogP contribution is -2.18. The van der Waals surface area contributed by atoms with Gasteiger partial charge in [-0.2, -0.15) is 0 Å². The molecule has 0 aliphatic heterocycles. The first-order valence-electron chi connectivity index (χ1n) is 3.15. The normalized spacial score (nSPS) is 18.8. The van der Waals surface area contributed by atoms with Crippen LogP contribution in [0.2, 0.25) is 0 Å². The topological polar surface area (TPSA) is 101 Å². The first-order valence-corrected chi connectivity index (χ1v) is 5.06. The first-order chi connectivity index (χ1) is 4.86. The van der Waals surface area contributed by atoms with Crippen LogP contribution in [0.15, 0.2) is 0 Å². The van der Waals surface area contributed by atoms with E-state index in [4.69, 9.17) is 15.7 Å². The number of rotatable bonds is 4. The van der Waals surface area contributed by atoms with Gasteiger partial charge in [0.1, 0.15) is 0 Å². The van der Waals surface area contributed by atoms with Crippen LogP contribution in [-0.4, -0.2) is 27.9 Å². The summed E-state index contributed by atoms with van der Waals surface area (Å²) >= 11 is 0. The number of nitrogens with two attached hydrogens (primary N) is 1. The minimum Gasteiger partial charge on any atom is -0.481 e. The Bertz CT molecular complexity index is 191. The fourth-order valence-corrected chi connectivity index (χ4v) is 1.38. The molecule has 66 valence electrons. The minimum absolute atomic E-state index is 0.250. The van der Waals surface area contributed by atoms with Crippen LogP contribution in [0.1, 0.15) is 13.3 Å². The minimum atomic E-state index is -3.42. The van der Waals surface area contributed by atoms with Crippen LogP contribution in [0.5, 0.6) is 0 Å². The average Bonchev–Trinajstić information content (AvgIpc) is 1.84. The molecule has 2 unspecified atom stereocenters. The summed E-state index contributed by atoms with van der Waals surface area (Å²) in [6.45, 7) is 1.39. The van der Waals surface area contributed by atoms with E-state index >= 15 is 0 Å². The molecule has 0 amide bonds. The highest BCUT2D eigenvalue weighted by Crippen LogP contribution is 2.43. The summed E-state index contributed by atoms with van der Waals surface area (Å²) < 4.78 is 11.0. The van der Waals surface area contributed by atoms with Crippen molar-refractivity contribution in [1.29, 1.82) is 0 Å². The van der Waals surface area contributed by atoms with E-state index in [-0.39, 0.29) is 12.6 Å². The lowest BCUT2D eigenvalue weighted by atomic mass is 10.5. The third kappa shape index (κ3) is 4.14. The predicted molar refractivity (Wildman–Crippen MR) is 40.6 cm³/mol. The zero-order valence-corrected chi connectivity index (χ0v) is 7.12. The van der Waals surface area contributed by atoms with E-state index in [1.54, 1.807) is 0 Å². The molecule has 0 aromatic rings. The summed E-state index contributed by atoms with van der Waals surface area (Å²) in [5.74, 6) is -1.93. The van der Waals surface area contributed by atoms with Gasteiger partial charge in [-0.15, -0.1) is 0 Å². The van der Waals surface area contributed by atoms with Crippen LogP contribution >= 0.6 is 7.37 Å². The molecule has 0 aliphatic carbocycles. The average molecular weight is 181 g/mol. The molecule has 0 bridgehead atoms. The molecule has 0 heterocycles. The first kappa shape index (κ1) is 10.6. The van der Waals surface area contributed by atoms with Gasteiger partial charge in [-0.25, -0.2) is 0 Å². The van der Waals surface area contributed by atoms with Crippen LogP contribution in [-0.2, 0) is 9.36 Å². The summed E-state index contributed by atoms with van der Waals surface area (Å²) in [7, 11) is -3.42. The standard InChI is InChI=1S/C5H12NO4P/c1-4(6)11(9,10)3-2-5(7)8/h4H,2-3,6H2,1H3,(H,7,8)(H,9,10). The van der Waals surface area contributed by atoms with E-state index < -0.39 is 19.1 Å². The van der Waals surface area contributed by atoms with Crippen molar-refractivity contribution in [2.24, 2.45) is 5.73 Å². The number of aliphatic carboxylic acids is 1. The molecule has 6 heteroatoms. The molecule has 0 aliphatic rings. The Morgan fingerprint density at radius 1 is 1.73 bits per heavy atom. The summed E-state index contributed by atoms with van der Waals surface area (Å²) in [4.78, 5) is 19.0. The van der Waals surface area contributed by atoms with Crippen LogP contribution < -0.4 is 5.73 Å². The van der Waals surface area contributed by atoms with Gasteiger partial charge in [0, 0.05) is 6.16 Å². The molecule has 0 saturated heterocycles. The zero-order chi connectivity index (χ0) is 9.07. The lowest BCUT2D eigenvalue weighted by molar-refractivity contribution is -0.136. The van der Waals surface area contributed by atoms with E-state index in [9.17, 15) is 9.36 Å². The molecule has 5 nitrogen and oxygen atoms in total. The quantitative estimate of drug-likeness (QED) is 0.531. The smallest absolute Gasteiger partial charge is 0.303 e. The molecule has 0 fully saturated rings. The number of carboxylic acid groups (broad SMARTS) is 1. The van der Waals surface area contributed by atoms with Crippen LogP contribution in [0.3, 0.4) is 0 Å². The largest absolute Gasteiger partial charge is 0.481 e. The second-order valence-electron chi connectivity index (χ2n) is 2.36. The van der Waals surface area contributed by atoms with Crippen LogP contribution in [0.25, 0.3) is 0 Å². The van der Waals surface area contributed by atoms with Crippen molar-refractivity contribution in [3.63, 3.8) is 0 Å². The molecule has 0 radical (unpaired) electrons. The van der Waals surface area contributed by atoms with E-state index in [1.807, 2.05) is 0 Å². The Kier molecular flexibility index (Phi) is 3.72. The maximum Gasteiger partial charge on any atom is 0.303 e. The Morgan fingerprint density at radius 3 is 2.45 bits per heavy atom. The highest BCUT2D eigenvalue weighted by molar-refractivity contribution is 7.58. The summed E-state index contributed by atoms with van der Waals surface area (Å²) in [6, 6.07) is 0. The fourth-order valence-electron chi connectivity index (χ4n) is 0.459. The summed E-state index contributed by atoms with van der Waals surface area (Å²) in [5, 5.41) is 8.19. The van der Waals surface area contributed by atoms with E-state index in [1.165, 1.54) is 6.92 Å². The van der Waals surface area contributed by atoms with Crippen molar-refractivity contribution in [3.8, 4) is 0 Å². The number of carboxylic acids is 1. The second-order valence-corrected chi connectivity index (χ2v) is 5.14. The van der Waals surface area contributed by atoms with Gasteiger partial charge >= 0.3 is 5.97 Å². The van der Waals surface area contributed by atoms with Crippen LogP contribution in [0.4, 0.5) is 0 Å². The third-order valence-corrected chi connectivity index (χ3v) is 3.42. The monoisotopic (exact) mass is 181 g/mol. The molecular formula is C5H12NO4P. The van der Waals surface area contributed by atoms with Gasteiger partial charge in [-0.05, 0) is 6.92 Å². The molecule has 0 aromatic carbocycles. The van der Waals surface area contributed by atoms with Crippen molar-refractivity contribution in [2.75, 3.05) is 6.16 Å². The molecule has 11 heavy (non-hydrogen) atoms. The molecule has 0 rings (SSSR count). The van der Waals surface area contributed by atoms with E-state index in [2.05, 4.69) is 0 Å². The Balaban J connectivity index is 3.93. The van der Waals surface area contributed by atoms with Crippen molar-refractivity contribution >= 4 is 13.3 Å². The Labute approximate surface area is 64.7 Å². The van der Waals surface area contributed by atoms with Gasteiger partial charge in [0.15, 0.2) is 0 Å². The second kappa shape index (κ2) is 3.85. The van der Waals surface area contributed by atoms with Crippen molar-refractivity contribution in [1.82, 2.24) is 0 Å². The van der Waals surface area contributed by atoms with Crippen molar-refractivity contribution in [2.45, 2.75) is 19.1 Å². The maximum atomic E-state index is 11.0. The molecular weight excluding hydrogens is 169 g/mol. The molecule has 2 atom stereocenters. The zero-order valence-electron chi connectivity index (χ0n) is 6.23. The van der Waals surface area contributed by atoms with E-state index in [0.717, 1.165) is 0 Å². The Morgan fingerprint density at radius 2 is 2.18 bits per heavy atom. The molecule has 4 N–H and O–H groups in total. The molecule has 0 aromatic heterocycles. The van der Waals surface area contributed by atoms with Gasteiger partial charge in [0.05, 0.1) is 12.2 Å². The van der Waals surface area contributed by atoms with Crippen molar-refractivity contribution < 1.29 is 19.4 Å².